The molecular weight excluding hydrogens is 317 g/mol. The zero-order chi connectivity index (χ0) is 11.7. The Bertz CT molecular complexity index is 522. The Morgan fingerprint density at radius 2 is 2.19 bits per heavy atom. The lowest BCUT2D eigenvalue weighted by molar-refractivity contribution is 0.412. The molecule has 1 heterocycles. The van der Waals surface area contributed by atoms with Crippen molar-refractivity contribution < 1.29 is 4.74 Å². The van der Waals surface area contributed by atoms with Gasteiger partial charge in [-0.2, -0.15) is 5.10 Å². The van der Waals surface area contributed by atoms with Crippen LogP contribution in [0.4, 0.5) is 5.82 Å². The van der Waals surface area contributed by atoms with Crippen molar-refractivity contribution in [3.63, 3.8) is 0 Å². The molecule has 0 aliphatic rings. The summed E-state index contributed by atoms with van der Waals surface area (Å²) in [6.45, 7) is 2.01. The van der Waals surface area contributed by atoms with Gasteiger partial charge in [0, 0.05) is 5.56 Å². The fourth-order valence-corrected chi connectivity index (χ4v) is 2.12. The molecule has 0 radical (unpaired) electrons. The topological polar surface area (TPSA) is 63.9 Å². The Hall–Kier alpha value is -1.24. The van der Waals surface area contributed by atoms with E-state index < -0.39 is 0 Å². The SMILES string of the molecule is COc1ccc(-c2[nH]nc(N)c2I)cc1C. The molecule has 5 heteroatoms. The molecule has 0 atom stereocenters. The lowest BCUT2D eigenvalue weighted by Crippen LogP contribution is -1.89. The van der Waals surface area contributed by atoms with Crippen molar-refractivity contribution in [2.24, 2.45) is 0 Å². The zero-order valence-corrected chi connectivity index (χ0v) is 11.2. The maximum absolute atomic E-state index is 5.70. The van der Waals surface area contributed by atoms with E-state index in [2.05, 4.69) is 32.8 Å². The maximum atomic E-state index is 5.70. The molecule has 0 saturated carbocycles. The number of aromatic amines is 1. The summed E-state index contributed by atoms with van der Waals surface area (Å²) in [6, 6.07) is 5.98. The summed E-state index contributed by atoms with van der Waals surface area (Å²) in [5, 5.41) is 6.91. The minimum atomic E-state index is 0.532. The first kappa shape index (κ1) is 11.3. The molecule has 1 aromatic carbocycles. The van der Waals surface area contributed by atoms with Gasteiger partial charge in [0.2, 0.25) is 0 Å². The largest absolute Gasteiger partial charge is 0.496 e. The Kier molecular flexibility index (Phi) is 3.04. The van der Waals surface area contributed by atoms with Crippen LogP contribution in [0.25, 0.3) is 11.3 Å². The van der Waals surface area contributed by atoms with Crippen LogP contribution >= 0.6 is 22.6 Å². The van der Waals surface area contributed by atoms with Crippen molar-refractivity contribution in [1.82, 2.24) is 10.2 Å². The Morgan fingerprint density at radius 1 is 1.44 bits per heavy atom. The van der Waals surface area contributed by atoms with Gasteiger partial charge in [0.15, 0.2) is 5.82 Å². The number of methoxy groups -OCH3 is 1. The van der Waals surface area contributed by atoms with Gasteiger partial charge in [-0.05, 0) is 53.3 Å². The second kappa shape index (κ2) is 4.32. The number of H-pyrrole nitrogens is 1. The number of ether oxygens (including phenoxy) is 1. The monoisotopic (exact) mass is 329 g/mol. The van der Waals surface area contributed by atoms with Crippen molar-refractivity contribution in [2.45, 2.75) is 6.92 Å². The third kappa shape index (κ3) is 1.87. The lowest BCUT2D eigenvalue weighted by atomic mass is 10.1. The molecule has 0 spiro atoms. The molecule has 0 aliphatic carbocycles. The highest BCUT2D eigenvalue weighted by Gasteiger charge is 2.10. The summed E-state index contributed by atoms with van der Waals surface area (Å²) in [5.74, 6) is 1.41. The van der Waals surface area contributed by atoms with Crippen LogP contribution in [0, 0.1) is 10.5 Å². The van der Waals surface area contributed by atoms with Gasteiger partial charge in [-0.25, -0.2) is 0 Å². The number of nitrogens with two attached hydrogens (primary N) is 1. The van der Waals surface area contributed by atoms with Crippen LogP contribution in [-0.4, -0.2) is 17.3 Å². The highest BCUT2D eigenvalue weighted by atomic mass is 127. The molecule has 0 aliphatic heterocycles. The molecule has 0 unspecified atom stereocenters. The van der Waals surface area contributed by atoms with Gasteiger partial charge in [0.1, 0.15) is 5.75 Å². The second-order valence-corrected chi connectivity index (χ2v) is 4.56. The van der Waals surface area contributed by atoms with E-state index >= 15 is 0 Å². The number of halogens is 1. The number of hydrogen-bond acceptors (Lipinski definition) is 3. The average molecular weight is 329 g/mol. The standard InChI is InChI=1S/C11H12IN3O/c1-6-5-7(3-4-8(6)16-2)10-9(12)11(13)15-14-10/h3-5H,1-2H3,(H3,13,14,15). The fourth-order valence-electron chi connectivity index (χ4n) is 1.57. The van der Waals surface area contributed by atoms with Gasteiger partial charge in [-0.3, -0.25) is 5.10 Å². The summed E-state index contributed by atoms with van der Waals surface area (Å²) >= 11 is 2.18. The van der Waals surface area contributed by atoms with Crippen molar-refractivity contribution in [1.29, 1.82) is 0 Å². The molecule has 0 saturated heterocycles. The molecule has 3 N–H and O–H groups in total. The first-order valence-corrected chi connectivity index (χ1v) is 5.85. The summed E-state index contributed by atoms with van der Waals surface area (Å²) in [4.78, 5) is 0. The zero-order valence-electron chi connectivity index (χ0n) is 9.04. The minimum Gasteiger partial charge on any atom is -0.496 e. The summed E-state index contributed by atoms with van der Waals surface area (Å²) < 4.78 is 6.17. The predicted molar refractivity (Wildman–Crippen MR) is 72.4 cm³/mol. The number of aryl methyl sites for hydroxylation is 1. The van der Waals surface area contributed by atoms with Gasteiger partial charge in [0.25, 0.3) is 0 Å². The number of nitrogens with zero attached hydrogens (tertiary/aromatic N) is 1. The maximum Gasteiger partial charge on any atom is 0.159 e. The molecule has 2 aromatic rings. The predicted octanol–water partition coefficient (Wildman–Crippen LogP) is 2.58. The van der Waals surface area contributed by atoms with Crippen molar-refractivity contribution in [3.8, 4) is 17.0 Å². The number of nitrogen functional groups attached to an aromatic ring is 1. The van der Waals surface area contributed by atoms with Gasteiger partial charge < -0.3 is 10.5 Å². The van der Waals surface area contributed by atoms with Gasteiger partial charge in [-0.15, -0.1) is 0 Å². The number of hydrogen-bond donors (Lipinski definition) is 2. The number of rotatable bonds is 2. The molecule has 1 aromatic heterocycles. The molecule has 0 fully saturated rings. The van der Waals surface area contributed by atoms with Crippen LogP contribution in [0.1, 0.15) is 5.56 Å². The van der Waals surface area contributed by atoms with Crippen molar-refractivity contribution in [3.05, 3.63) is 27.3 Å². The van der Waals surface area contributed by atoms with Crippen LogP contribution in [0.5, 0.6) is 5.75 Å². The van der Waals surface area contributed by atoms with E-state index in [0.717, 1.165) is 26.1 Å². The summed E-state index contributed by atoms with van der Waals surface area (Å²) in [6.07, 6.45) is 0. The fraction of sp³-hybridized carbons (Fsp3) is 0.182. The Labute approximate surface area is 107 Å². The summed E-state index contributed by atoms with van der Waals surface area (Å²) in [7, 11) is 1.67. The lowest BCUT2D eigenvalue weighted by Gasteiger charge is -2.06. The molecule has 84 valence electrons. The van der Waals surface area contributed by atoms with E-state index in [0.29, 0.717) is 5.82 Å². The van der Waals surface area contributed by atoms with E-state index in [-0.39, 0.29) is 0 Å². The van der Waals surface area contributed by atoms with Crippen LogP contribution in [0.15, 0.2) is 18.2 Å². The first-order valence-electron chi connectivity index (χ1n) is 4.78. The Balaban J connectivity index is 2.49. The van der Waals surface area contributed by atoms with E-state index in [1.165, 1.54) is 0 Å². The molecular formula is C11H12IN3O. The number of aromatic nitrogens is 2. The quantitative estimate of drug-likeness (QED) is 0.833. The number of benzene rings is 1. The van der Waals surface area contributed by atoms with Crippen molar-refractivity contribution >= 4 is 28.4 Å². The van der Waals surface area contributed by atoms with Gasteiger partial charge in [-0.1, -0.05) is 0 Å². The van der Waals surface area contributed by atoms with E-state index in [1.54, 1.807) is 7.11 Å². The first-order chi connectivity index (χ1) is 7.63. The molecule has 0 amide bonds. The Morgan fingerprint density at radius 3 is 2.69 bits per heavy atom. The van der Waals surface area contributed by atoms with Gasteiger partial charge in [0.05, 0.1) is 16.4 Å². The normalized spacial score (nSPS) is 10.4. The van der Waals surface area contributed by atoms with E-state index in [9.17, 15) is 0 Å². The van der Waals surface area contributed by atoms with E-state index in [1.807, 2.05) is 25.1 Å². The number of anilines is 1. The van der Waals surface area contributed by atoms with Crippen molar-refractivity contribution in [2.75, 3.05) is 12.8 Å². The van der Waals surface area contributed by atoms with Crippen LogP contribution in [-0.2, 0) is 0 Å². The third-order valence-electron chi connectivity index (χ3n) is 2.42. The summed E-state index contributed by atoms with van der Waals surface area (Å²) in [5.41, 5.74) is 8.79. The highest BCUT2D eigenvalue weighted by Crippen LogP contribution is 2.29. The van der Waals surface area contributed by atoms with Crippen LogP contribution in [0.2, 0.25) is 0 Å². The smallest absolute Gasteiger partial charge is 0.159 e. The third-order valence-corrected chi connectivity index (χ3v) is 3.51. The minimum absolute atomic E-state index is 0.532. The molecule has 16 heavy (non-hydrogen) atoms. The number of nitrogens with one attached hydrogen (secondary N) is 1. The van der Waals surface area contributed by atoms with E-state index in [4.69, 9.17) is 10.5 Å². The van der Waals surface area contributed by atoms with Gasteiger partial charge >= 0.3 is 0 Å². The molecule has 0 bridgehead atoms. The van der Waals surface area contributed by atoms with Crippen LogP contribution < -0.4 is 10.5 Å². The highest BCUT2D eigenvalue weighted by molar-refractivity contribution is 14.1. The average Bonchev–Trinajstić information content (AvgIpc) is 2.60. The molecule has 4 nitrogen and oxygen atoms in total. The van der Waals surface area contributed by atoms with Crippen LogP contribution in [0.3, 0.4) is 0 Å². The molecule has 2 rings (SSSR count). The second-order valence-electron chi connectivity index (χ2n) is 3.48.